The zero-order valence-corrected chi connectivity index (χ0v) is 15.4. The highest BCUT2D eigenvalue weighted by Crippen LogP contribution is 2.35. The zero-order chi connectivity index (χ0) is 16.4. The Kier molecular flexibility index (Phi) is 5.28. The van der Waals surface area contributed by atoms with Crippen LogP contribution in [0.3, 0.4) is 0 Å². The molecule has 0 aliphatic carbocycles. The van der Waals surface area contributed by atoms with Gasteiger partial charge in [0.05, 0.1) is 21.8 Å². The van der Waals surface area contributed by atoms with Crippen LogP contribution in [0.4, 0.5) is 0 Å². The van der Waals surface area contributed by atoms with E-state index >= 15 is 0 Å². The summed E-state index contributed by atoms with van der Waals surface area (Å²) in [7, 11) is -3.44. The number of benzene rings is 1. The first-order valence-corrected chi connectivity index (χ1v) is 10.5. The molecule has 1 unspecified atom stereocenters. The van der Waals surface area contributed by atoms with Crippen LogP contribution in [0, 0.1) is 0 Å². The second kappa shape index (κ2) is 7.07. The fourth-order valence-corrected chi connectivity index (χ4v) is 5.75. The first-order valence-electron chi connectivity index (χ1n) is 7.30. The number of nitrogens with zero attached hydrogens (tertiary/aromatic N) is 2. The first-order chi connectivity index (χ1) is 11.0. The minimum Gasteiger partial charge on any atom is -0.248 e. The zero-order valence-electron chi connectivity index (χ0n) is 12.3. The van der Waals surface area contributed by atoms with Crippen LogP contribution >= 0.6 is 34.5 Å². The summed E-state index contributed by atoms with van der Waals surface area (Å²) < 4.78 is 27.4. The lowest BCUT2D eigenvalue weighted by molar-refractivity contribution is 0.255. The van der Waals surface area contributed by atoms with Gasteiger partial charge in [0.15, 0.2) is 0 Å². The quantitative estimate of drug-likeness (QED) is 0.771. The molecule has 1 aromatic heterocycles. The molecule has 3 rings (SSSR count). The van der Waals surface area contributed by atoms with E-state index in [4.69, 9.17) is 23.2 Å². The molecule has 1 aromatic carbocycles. The van der Waals surface area contributed by atoms with Gasteiger partial charge in [0.1, 0.15) is 5.01 Å². The van der Waals surface area contributed by atoms with E-state index in [0.717, 1.165) is 24.3 Å². The van der Waals surface area contributed by atoms with Crippen molar-refractivity contribution in [1.82, 2.24) is 9.29 Å². The summed E-state index contributed by atoms with van der Waals surface area (Å²) >= 11 is 13.4. The van der Waals surface area contributed by atoms with Gasteiger partial charge in [-0.1, -0.05) is 35.7 Å². The summed E-state index contributed by atoms with van der Waals surface area (Å²) in [5, 5.41) is 3.54. The number of sulfonamides is 1. The average molecular weight is 391 g/mol. The van der Waals surface area contributed by atoms with Crippen LogP contribution in [0.25, 0.3) is 0 Å². The lowest BCUT2D eigenvalue weighted by atomic mass is 10.1. The van der Waals surface area contributed by atoms with Gasteiger partial charge in [-0.25, -0.2) is 13.4 Å². The van der Waals surface area contributed by atoms with E-state index in [1.165, 1.54) is 11.3 Å². The lowest BCUT2D eigenvalue weighted by Crippen LogP contribution is -2.39. The van der Waals surface area contributed by atoms with Crippen molar-refractivity contribution in [2.75, 3.05) is 6.54 Å². The smallest absolute Gasteiger partial charge is 0.218 e. The maximum absolute atomic E-state index is 12.9. The van der Waals surface area contributed by atoms with Crippen LogP contribution in [0.15, 0.2) is 29.8 Å². The first kappa shape index (κ1) is 17.2. The normalized spacial score (nSPS) is 19.8. The van der Waals surface area contributed by atoms with Gasteiger partial charge in [-0.3, -0.25) is 0 Å². The minimum atomic E-state index is -3.44. The predicted molar refractivity (Wildman–Crippen MR) is 94.5 cm³/mol. The van der Waals surface area contributed by atoms with E-state index in [1.807, 2.05) is 5.38 Å². The Morgan fingerprint density at radius 2 is 2.09 bits per heavy atom. The number of aromatic nitrogens is 1. The van der Waals surface area contributed by atoms with Crippen LogP contribution in [0.5, 0.6) is 0 Å². The average Bonchev–Trinajstić information content (AvgIpc) is 3.05. The van der Waals surface area contributed by atoms with Crippen LogP contribution < -0.4 is 0 Å². The molecule has 2 aromatic rings. The maximum atomic E-state index is 12.9. The summed E-state index contributed by atoms with van der Waals surface area (Å²) in [6, 6.07) is 4.79. The standard InChI is InChI=1S/C15H16Cl2N2O2S2/c16-12-5-4-11(9-13(12)17)10-23(20,21)19-7-2-1-3-14(19)15-18-6-8-22-15/h4-6,8-9,14H,1-3,7,10H2. The van der Waals surface area contributed by atoms with Gasteiger partial charge < -0.3 is 0 Å². The number of piperidine rings is 1. The summed E-state index contributed by atoms with van der Waals surface area (Å²) in [6.07, 6.45) is 4.43. The molecule has 0 saturated carbocycles. The van der Waals surface area contributed by atoms with E-state index in [1.54, 1.807) is 28.7 Å². The molecule has 8 heteroatoms. The molecule has 1 atom stereocenters. The monoisotopic (exact) mass is 390 g/mol. The number of thiazole rings is 1. The van der Waals surface area contributed by atoms with Crippen molar-refractivity contribution in [2.24, 2.45) is 0 Å². The summed E-state index contributed by atoms with van der Waals surface area (Å²) in [5.74, 6) is -0.0776. The topological polar surface area (TPSA) is 50.3 Å². The second-order valence-electron chi connectivity index (χ2n) is 5.50. The summed E-state index contributed by atoms with van der Waals surface area (Å²) in [5.41, 5.74) is 0.642. The minimum absolute atomic E-state index is 0.0776. The van der Waals surface area contributed by atoms with Gasteiger partial charge in [0.2, 0.25) is 10.0 Å². The van der Waals surface area contributed by atoms with Gasteiger partial charge in [-0.2, -0.15) is 4.31 Å². The molecule has 0 N–H and O–H groups in total. The van der Waals surface area contributed by atoms with E-state index in [-0.39, 0.29) is 11.8 Å². The number of halogens is 2. The van der Waals surface area contributed by atoms with Crippen molar-refractivity contribution >= 4 is 44.6 Å². The fourth-order valence-electron chi connectivity index (χ4n) is 2.81. The third-order valence-corrected chi connectivity index (χ3v) is 7.35. The lowest BCUT2D eigenvalue weighted by Gasteiger charge is -2.33. The number of hydrogen-bond acceptors (Lipinski definition) is 4. The molecule has 0 spiro atoms. The van der Waals surface area contributed by atoms with Crippen molar-refractivity contribution in [2.45, 2.75) is 31.1 Å². The predicted octanol–water partition coefficient (Wildman–Crippen LogP) is 4.51. The van der Waals surface area contributed by atoms with Gasteiger partial charge in [-0.05, 0) is 30.5 Å². The molecule has 23 heavy (non-hydrogen) atoms. The molecule has 124 valence electrons. The van der Waals surface area contributed by atoms with Crippen molar-refractivity contribution in [1.29, 1.82) is 0 Å². The van der Waals surface area contributed by atoms with Crippen LogP contribution in [-0.2, 0) is 15.8 Å². The van der Waals surface area contributed by atoms with Crippen molar-refractivity contribution in [3.63, 3.8) is 0 Å². The highest BCUT2D eigenvalue weighted by molar-refractivity contribution is 7.88. The molecular formula is C15H16Cl2N2O2S2. The Bertz CT molecular complexity index is 779. The van der Waals surface area contributed by atoms with Crippen LogP contribution in [-0.4, -0.2) is 24.3 Å². The molecular weight excluding hydrogens is 375 g/mol. The Labute approximate surface area is 150 Å². The number of rotatable bonds is 4. The molecule has 1 fully saturated rings. The number of hydrogen-bond donors (Lipinski definition) is 0. The van der Waals surface area contributed by atoms with Crippen LogP contribution in [0.1, 0.15) is 35.9 Å². The molecule has 0 amide bonds. The molecule has 0 bridgehead atoms. The maximum Gasteiger partial charge on any atom is 0.218 e. The van der Waals surface area contributed by atoms with Crippen LogP contribution in [0.2, 0.25) is 10.0 Å². The highest BCUT2D eigenvalue weighted by atomic mass is 35.5. The van der Waals surface area contributed by atoms with Crippen molar-refractivity contribution in [3.05, 3.63) is 50.4 Å². The summed E-state index contributed by atoms with van der Waals surface area (Å²) in [4.78, 5) is 4.31. The largest absolute Gasteiger partial charge is 0.248 e. The Morgan fingerprint density at radius 3 is 2.78 bits per heavy atom. The van der Waals surface area contributed by atoms with Gasteiger partial charge in [0.25, 0.3) is 0 Å². The summed E-state index contributed by atoms with van der Waals surface area (Å²) in [6.45, 7) is 0.536. The van der Waals surface area contributed by atoms with Gasteiger partial charge in [-0.15, -0.1) is 11.3 Å². The molecule has 1 saturated heterocycles. The van der Waals surface area contributed by atoms with E-state index in [9.17, 15) is 8.42 Å². The van der Waals surface area contributed by atoms with Gasteiger partial charge in [0, 0.05) is 18.1 Å². The van der Waals surface area contributed by atoms with E-state index in [0.29, 0.717) is 22.2 Å². The highest BCUT2D eigenvalue weighted by Gasteiger charge is 2.34. The third-order valence-electron chi connectivity index (χ3n) is 3.88. The SMILES string of the molecule is O=S(=O)(Cc1ccc(Cl)c(Cl)c1)N1CCCCC1c1nccs1. The Morgan fingerprint density at radius 1 is 1.26 bits per heavy atom. The fraction of sp³-hybridized carbons (Fsp3) is 0.400. The molecule has 0 radical (unpaired) electrons. The van der Waals surface area contributed by atoms with E-state index in [2.05, 4.69) is 4.98 Å². The van der Waals surface area contributed by atoms with Gasteiger partial charge >= 0.3 is 0 Å². The third kappa shape index (κ3) is 3.88. The molecule has 2 heterocycles. The van der Waals surface area contributed by atoms with E-state index < -0.39 is 10.0 Å². The molecule has 4 nitrogen and oxygen atoms in total. The molecule has 1 aliphatic heterocycles. The second-order valence-corrected chi connectivity index (χ2v) is 9.16. The van der Waals surface area contributed by atoms with Crippen molar-refractivity contribution in [3.8, 4) is 0 Å². The van der Waals surface area contributed by atoms with Crippen molar-refractivity contribution < 1.29 is 8.42 Å². The molecule has 1 aliphatic rings. The Hall–Kier alpha value is -0.660. The Balaban J connectivity index is 1.86.